The summed E-state index contributed by atoms with van der Waals surface area (Å²) in [6.07, 6.45) is 0. The second kappa shape index (κ2) is 5.54. The molecule has 0 aliphatic rings. The number of benzene rings is 1. The van der Waals surface area contributed by atoms with Crippen LogP contribution in [0.3, 0.4) is 0 Å². The average Bonchev–Trinajstić information content (AvgIpc) is 2.15. The van der Waals surface area contributed by atoms with Crippen molar-refractivity contribution in [3.63, 3.8) is 0 Å². The zero-order chi connectivity index (χ0) is 10.4. The Bertz CT molecular complexity index is 297. The number of thioether (sulfide) groups is 1. The number of hydrogen-bond acceptors (Lipinski definition) is 3. The van der Waals surface area contributed by atoms with E-state index in [0.29, 0.717) is 6.54 Å². The lowest BCUT2D eigenvalue weighted by Gasteiger charge is -2.02. The van der Waals surface area contributed by atoms with E-state index in [1.807, 2.05) is 12.1 Å². The standard InChI is InChI=1S/C10H13NO2S/c1-8(12)11-6-7-14-10-4-2-9(13)3-5-10/h2-5,13H,6-7H2,1H3,(H,11,12). The molecule has 0 saturated carbocycles. The number of amides is 1. The first-order valence-electron chi connectivity index (χ1n) is 4.35. The fraction of sp³-hybridized carbons (Fsp3) is 0.300. The largest absolute Gasteiger partial charge is 0.508 e. The molecule has 4 heteroatoms. The smallest absolute Gasteiger partial charge is 0.216 e. The second-order valence-electron chi connectivity index (χ2n) is 2.83. The Hall–Kier alpha value is -1.16. The number of hydrogen-bond donors (Lipinski definition) is 2. The SMILES string of the molecule is CC(=O)NCCSc1ccc(O)cc1. The molecular weight excluding hydrogens is 198 g/mol. The summed E-state index contributed by atoms with van der Waals surface area (Å²) in [6.45, 7) is 2.17. The van der Waals surface area contributed by atoms with Crippen molar-refractivity contribution < 1.29 is 9.90 Å². The van der Waals surface area contributed by atoms with Gasteiger partial charge in [0.05, 0.1) is 0 Å². The van der Waals surface area contributed by atoms with Crippen LogP contribution in [-0.2, 0) is 4.79 Å². The number of phenols is 1. The molecule has 76 valence electrons. The van der Waals surface area contributed by atoms with E-state index in [0.717, 1.165) is 10.6 Å². The van der Waals surface area contributed by atoms with Crippen molar-refractivity contribution in [2.45, 2.75) is 11.8 Å². The van der Waals surface area contributed by atoms with Crippen LogP contribution >= 0.6 is 11.8 Å². The minimum Gasteiger partial charge on any atom is -0.508 e. The van der Waals surface area contributed by atoms with Gasteiger partial charge >= 0.3 is 0 Å². The third-order valence-corrected chi connectivity index (χ3v) is 2.60. The van der Waals surface area contributed by atoms with Gasteiger partial charge in [0.25, 0.3) is 0 Å². The maximum atomic E-state index is 10.5. The summed E-state index contributed by atoms with van der Waals surface area (Å²) >= 11 is 1.65. The Morgan fingerprint density at radius 1 is 1.43 bits per heavy atom. The van der Waals surface area contributed by atoms with Crippen molar-refractivity contribution in [1.29, 1.82) is 0 Å². The molecule has 1 amide bonds. The molecule has 1 aromatic carbocycles. The molecule has 0 bridgehead atoms. The van der Waals surface area contributed by atoms with Crippen LogP contribution in [0.15, 0.2) is 29.2 Å². The average molecular weight is 211 g/mol. The first-order chi connectivity index (χ1) is 6.68. The minimum atomic E-state index is -0.00342. The highest BCUT2D eigenvalue weighted by molar-refractivity contribution is 7.99. The van der Waals surface area contributed by atoms with Crippen molar-refractivity contribution in [3.05, 3.63) is 24.3 Å². The van der Waals surface area contributed by atoms with Gasteiger partial charge in [-0.15, -0.1) is 11.8 Å². The predicted octanol–water partition coefficient (Wildman–Crippen LogP) is 1.62. The molecule has 0 aromatic heterocycles. The van der Waals surface area contributed by atoms with Gasteiger partial charge in [-0.05, 0) is 24.3 Å². The van der Waals surface area contributed by atoms with E-state index < -0.39 is 0 Å². The van der Waals surface area contributed by atoms with E-state index in [1.165, 1.54) is 6.92 Å². The molecule has 0 spiro atoms. The summed E-state index contributed by atoms with van der Waals surface area (Å²) in [5.41, 5.74) is 0. The third kappa shape index (κ3) is 4.18. The molecule has 0 saturated heterocycles. The molecule has 2 N–H and O–H groups in total. The van der Waals surface area contributed by atoms with Gasteiger partial charge in [-0.25, -0.2) is 0 Å². The van der Waals surface area contributed by atoms with Crippen LogP contribution < -0.4 is 5.32 Å². The van der Waals surface area contributed by atoms with Gasteiger partial charge in [0, 0.05) is 24.1 Å². The summed E-state index contributed by atoms with van der Waals surface area (Å²) in [5, 5.41) is 11.8. The molecule has 0 fully saturated rings. The highest BCUT2D eigenvalue weighted by atomic mass is 32.2. The Labute approximate surface area is 87.5 Å². The molecule has 0 atom stereocenters. The monoisotopic (exact) mass is 211 g/mol. The number of nitrogens with one attached hydrogen (secondary N) is 1. The Kier molecular flexibility index (Phi) is 4.32. The highest BCUT2D eigenvalue weighted by Crippen LogP contribution is 2.19. The van der Waals surface area contributed by atoms with Crippen LogP contribution in [0.4, 0.5) is 0 Å². The first-order valence-corrected chi connectivity index (χ1v) is 5.33. The van der Waals surface area contributed by atoms with Gasteiger partial charge in [-0.2, -0.15) is 0 Å². The Morgan fingerprint density at radius 3 is 2.64 bits per heavy atom. The maximum absolute atomic E-state index is 10.5. The lowest BCUT2D eigenvalue weighted by molar-refractivity contribution is -0.118. The van der Waals surface area contributed by atoms with Crippen LogP contribution in [0.2, 0.25) is 0 Å². The molecule has 1 aromatic rings. The zero-order valence-corrected chi connectivity index (χ0v) is 8.80. The second-order valence-corrected chi connectivity index (χ2v) is 3.99. The molecule has 1 rings (SSSR count). The highest BCUT2D eigenvalue weighted by Gasteiger charge is 1.95. The van der Waals surface area contributed by atoms with E-state index in [9.17, 15) is 4.79 Å². The van der Waals surface area contributed by atoms with E-state index in [2.05, 4.69) is 5.32 Å². The molecule has 3 nitrogen and oxygen atoms in total. The van der Waals surface area contributed by atoms with Gasteiger partial charge in [0.15, 0.2) is 0 Å². The summed E-state index contributed by atoms with van der Waals surface area (Å²) in [4.78, 5) is 11.6. The summed E-state index contributed by atoms with van der Waals surface area (Å²) < 4.78 is 0. The van der Waals surface area contributed by atoms with Crippen LogP contribution in [-0.4, -0.2) is 23.3 Å². The van der Waals surface area contributed by atoms with Crippen LogP contribution in [0.25, 0.3) is 0 Å². The van der Waals surface area contributed by atoms with Crippen molar-refractivity contribution in [2.24, 2.45) is 0 Å². The summed E-state index contributed by atoms with van der Waals surface area (Å²) in [5.74, 6) is 1.11. The summed E-state index contributed by atoms with van der Waals surface area (Å²) in [7, 11) is 0. The number of carbonyl (C=O) groups is 1. The van der Waals surface area contributed by atoms with Crippen LogP contribution in [0.5, 0.6) is 5.75 Å². The number of carbonyl (C=O) groups excluding carboxylic acids is 1. The Morgan fingerprint density at radius 2 is 2.07 bits per heavy atom. The van der Waals surface area contributed by atoms with Gasteiger partial charge in [0.1, 0.15) is 5.75 Å². The van der Waals surface area contributed by atoms with Gasteiger partial charge in [-0.1, -0.05) is 0 Å². The topological polar surface area (TPSA) is 49.3 Å². The van der Waals surface area contributed by atoms with E-state index in [1.54, 1.807) is 23.9 Å². The molecule has 0 aliphatic carbocycles. The lowest BCUT2D eigenvalue weighted by atomic mass is 10.3. The normalized spacial score (nSPS) is 9.79. The first kappa shape index (κ1) is 10.9. The number of aromatic hydroxyl groups is 1. The van der Waals surface area contributed by atoms with Crippen molar-refractivity contribution >= 4 is 17.7 Å². The quantitative estimate of drug-likeness (QED) is 0.587. The maximum Gasteiger partial charge on any atom is 0.216 e. The number of rotatable bonds is 4. The molecular formula is C10H13NO2S. The minimum absolute atomic E-state index is 0.00342. The van der Waals surface area contributed by atoms with E-state index in [-0.39, 0.29) is 11.7 Å². The van der Waals surface area contributed by atoms with E-state index in [4.69, 9.17) is 5.11 Å². The van der Waals surface area contributed by atoms with Crippen molar-refractivity contribution in [3.8, 4) is 5.75 Å². The van der Waals surface area contributed by atoms with Gasteiger partial charge in [0.2, 0.25) is 5.91 Å². The fourth-order valence-electron chi connectivity index (χ4n) is 0.938. The van der Waals surface area contributed by atoms with Crippen LogP contribution in [0, 0.1) is 0 Å². The Balaban J connectivity index is 2.25. The summed E-state index contributed by atoms with van der Waals surface area (Å²) in [6, 6.07) is 7.02. The molecule has 0 unspecified atom stereocenters. The molecule has 0 radical (unpaired) electrons. The van der Waals surface area contributed by atoms with Crippen molar-refractivity contribution in [1.82, 2.24) is 5.32 Å². The molecule has 0 aliphatic heterocycles. The van der Waals surface area contributed by atoms with Crippen molar-refractivity contribution in [2.75, 3.05) is 12.3 Å². The third-order valence-electron chi connectivity index (χ3n) is 1.58. The van der Waals surface area contributed by atoms with Gasteiger partial charge < -0.3 is 10.4 Å². The van der Waals surface area contributed by atoms with Gasteiger partial charge in [-0.3, -0.25) is 4.79 Å². The predicted molar refractivity (Wildman–Crippen MR) is 57.5 cm³/mol. The molecule has 14 heavy (non-hydrogen) atoms. The lowest BCUT2D eigenvalue weighted by Crippen LogP contribution is -2.22. The molecule has 0 heterocycles. The van der Waals surface area contributed by atoms with Crippen LogP contribution in [0.1, 0.15) is 6.92 Å². The fourth-order valence-corrected chi connectivity index (χ4v) is 1.71. The zero-order valence-electron chi connectivity index (χ0n) is 7.99. The van der Waals surface area contributed by atoms with E-state index >= 15 is 0 Å². The number of phenolic OH excluding ortho intramolecular Hbond substituents is 1.